The summed E-state index contributed by atoms with van der Waals surface area (Å²) in [5, 5.41) is 5.32. The molecular weight excluding hydrogens is 344 g/mol. The van der Waals surface area contributed by atoms with Gasteiger partial charge in [-0.3, -0.25) is 9.59 Å². The number of fused-ring (bicyclic) bond motifs is 3. The Morgan fingerprint density at radius 1 is 1.15 bits per heavy atom. The second-order valence-electron chi connectivity index (χ2n) is 7.80. The van der Waals surface area contributed by atoms with Crippen LogP contribution in [-0.2, 0) is 9.59 Å². The Morgan fingerprint density at radius 2 is 1.81 bits per heavy atom. The third-order valence-electron chi connectivity index (χ3n) is 6.64. The lowest BCUT2D eigenvalue weighted by Crippen LogP contribution is -2.30. The number of imide groups is 1. The third-order valence-corrected chi connectivity index (χ3v) is 6.64. The van der Waals surface area contributed by atoms with Crippen LogP contribution in [0, 0.1) is 29.1 Å². The van der Waals surface area contributed by atoms with Gasteiger partial charge < -0.3 is 9.47 Å². The van der Waals surface area contributed by atoms with Crippen molar-refractivity contribution in [2.75, 3.05) is 13.7 Å². The average molecular weight is 366 g/mol. The van der Waals surface area contributed by atoms with Crippen molar-refractivity contribution in [1.82, 2.24) is 5.01 Å². The van der Waals surface area contributed by atoms with E-state index in [2.05, 4.69) is 17.3 Å². The van der Waals surface area contributed by atoms with Gasteiger partial charge in [-0.05, 0) is 60.8 Å². The van der Waals surface area contributed by atoms with Gasteiger partial charge in [0.1, 0.15) is 0 Å². The van der Waals surface area contributed by atoms with E-state index in [0.717, 1.165) is 23.4 Å². The van der Waals surface area contributed by atoms with Gasteiger partial charge in [-0.15, -0.1) is 0 Å². The Balaban J connectivity index is 1.38. The van der Waals surface area contributed by atoms with E-state index in [9.17, 15) is 9.59 Å². The molecule has 4 aliphatic rings. The topological polar surface area (TPSA) is 68.2 Å². The van der Waals surface area contributed by atoms with Crippen LogP contribution in [0.2, 0.25) is 0 Å². The van der Waals surface area contributed by atoms with E-state index in [1.165, 1.54) is 6.21 Å². The lowest BCUT2D eigenvalue weighted by molar-refractivity contribution is -0.141. The monoisotopic (exact) mass is 366 g/mol. The van der Waals surface area contributed by atoms with Crippen molar-refractivity contribution in [3.63, 3.8) is 0 Å². The summed E-state index contributed by atoms with van der Waals surface area (Å²) in [5.41, 5.74) is 0.951. The number of carbonyl (C=O) groups excluding carboxylic acids is 2. The molecule has 1 aromatic rings. The zero-order valence-corrected chi connectivity index (χ0v) is 15.4. The van der Waals surface area contributed by atoms with Crippen LogP contribution in [0.4, 0.5) is 0 Å². The van der Waals surface area contributed by atoms with Gasteiger partial charge in [0.15, 0.2) is 11.5 Å². The standard InChI is InChI=1S/C21H22N2O4/c1-3-27-15-7-4-12(10-16(15)26-2)11-22-23-19(24)17-13-5-6-14(18(17)20(23)25)21(13)8-9-21/h4-7,10-11,13-14,17-18H,3,8-9H2,1-2H3/b22-11-/t13-,14+,17-,18+. The van der Waals surface area contributed by atoms with Crippen molar-refractivity contribution >= 4 is 18.0 Å². The van der Waals surface area contributed by atoms with E-state index in [1.54, 1.807) is 19.2 Å². The second kappa shape index (κ2) is 5.68. The van der Waals surface area contributed by atoms with Crippen LogP contribution in [0.5, 0.6) is 11.5 Å². The highest BCUT2D eigenvalue weighted by atomic mass is 16.5. The first-order valence-electron chi connectivity index (χ1n) is 9.51. The first-order chi connectivity index (χ1) is 13.1. The Kier molecular flexibility index (Phi) is 3.48. The molecule has 0 unspecified atom stereocenters. The molecule has 6 nitrogen and oxygen atoms in total. The van der Waals surface area contributed by atoms with Crippen molar-refractivity contribution in [2.24, 2.45) is 34.2 Å². The smallest absolute Gasteiger partial charge is 0.254 e. The number of methoxy groups -OCH3 is 1. The summed E-state index contributed by atoms with van der Waals surface area (Å²) in [6.45, 7) is 2.45. The molecular formula is C21H22N2O4. The molecule has 6 heteroatoms. The minimum absolute atomic E-state index is 0.151. The number of hydrogen-bond donors (Lipinski definition) is 0. The van der Waals surface area contributed by atoms with E-state index in [-0.39, 0.29) is 40.9 Å². The summed E-state index contributed by atoms with van der Waals surface area (Å²) in [6, 6.07) is 5.41. The summed E-state index contributed by atoms with van der Waals surface area (Å²) in [6.07, 6.45) is 8.14. The number of carbonyl (C=O) groups is 2. The highest BCUT2D eigenvalue weighted by Gasteiger charge is 2.73. The summed E-state index contributed by atoms with van der Waals surface area (Å²) in [4.78, 5) is 25.8. The number of hydrogen-bond acceptors (Lipinski definition) is 5. The molecule has 2 bridgehead atoms. The van der Waals surface area contributed by atoms with Crippen LogP contribution < -0.4 is 9.47 Å². The Morgan fingerprint density at radius 3 is 2.37 bits per heavy atom. The van der Waals surface area contributed by atoms with Crippen LogP contribution in [0.15, 0.2) is 35.5 Å². The summed E-state index contributed by atoms with van der Waals surface area (Å²) in [5.74, 6) is 0.935. The fourth-order valence-corrected chi connectivity index (χ4v) is 5.34. The normalized spacial score (nSPS) is 32.0. The number of hydrazone groups is 1. The maximum absolute atomic E-state index is 12.9. The van der Waals surface area contributed by atoms with Gasteiger partial charge in [0.05, 0.1) is 31.8 Å². The van der Waals surface area contributed by atoms with E-state index >= 15 is 0 Å². The van der Waals surface area contributed by atoms with E-state index in [1.807, 2.05) is 13.0 Å². The van der Waals surface area contributed by atoms with Gasteiger partial charge in [0.25, 0.3) is 11.8 Å². The molecule has 1 heterocycles. The van der Waals surface area contributed by atoms with Gasteiger partial charge in [0.2, 0.25) is 0 Å². The van der Waals surface area contributed by atoms with E-state index in [4.69, 9.17) is 9.47 Å². The van der Waals surface area contributed by atoms with Gasteiger partial charge in [0, 0.05) is 0 Å². The van der Waals surface area contributed by atoms with Gasteiger partial charge >= 0.3 is 0 Å². The highest BCUT2D eigenvalue weighted by Crippen LogP contribution is 2.73. The summed E-state index contributed by atoms with van der Waals surface area (Å²) < 4.78 is 10.8. The minimum Gasteiger partial charge on any atom is -0.493 e. The number of rotatable bonds is 5. The molecule has 1 aliphatic heterocycles. The molecule has 0 N–H and O–H groups in total. The molecule has 1 aromatic carbocycles. The zero-order chi connectivity index (χ0) is 18.8. The SMILES string of the molecule is CCOc1ccc(/C=N\N2C(=O)[C@@H]3[C@H](C2=O)[C@H]2C=C[C@@H]3C23CC3)cc1OC. The van der Waals surface area contributed by atoms with Crippen LogP contribution in [0.1, 0.15) is 25.3 Å². The van der Waals surface area contributed by atoms with Crippen LogP contribution >= 0.6 is 0 Å². The Hall–Kier alpha value is -2.63. The lowest BCUT2D eigenvalue weighted by atomic mass is 9.85. The maximum atomic E-state index is 12.9. The predicted octanol–water partition coefficient (Wildman–Crippen LogP) is 2.63. The number of ether oxygens (including phenoxy) is 2. The van der Waals surface area contributed by atoms with Crippen LogP contribution in [0.25, 0.3) is 0 Å². The first kappa shape index (κ1) is 16.5. The van der Waals surface area contributed by atoms with Crippen molar-refractivity contribution in [3.8, 4) is 11.5 Å². The van der Waals surface area contributed by atoms with Gasteiger partial charge in [-0.1, -0.05) is 12.2 Å². The number of nitrogens with zero attached hydrogens (tertiary/aromatic N) is 2. The molecule has 2 amide bonds. The van der Waals surface area contributed by atoms with Crippen LogP contribution in [0.3, 0.4) is 0 Å². The van der Waals surface area contributed by atoms with Crippen molar-refractivity contribution in [1.29, 1.82) is 0 Å². The fourth-order valence-electron chi connectivity index (χ4n) is 5.34. The van der Waals surface area contributed by atoms with Crippen molar-refractivity contribution < 1.29 is 19.1 Å². The van der Waals surface area contributed by atoms with Crippen LogP contribution in [-0.4, -0.2) is 36.8 Å². The zero-order valence-electron chi connectivity index (χ0n) is 15.4. The molecule has 2 saturated carbocycles. The predicted molar refractivity (Wildman–Crippen MR) is 98.4 cm³/mol. The van der Waals surface area contributed by atoms with Crippen molar-refractivity contribution in [2.45, 2.75) is 19.8 Å². The van der Waals surface area contributed by atoms with E-state index in [0.29, 0.717) is 18.1 Å². The van der Waals surface area contributed by atoms with E-state index < -0.39 is 0 Å². The molecule has 4 atom stereocenters. The Labute approximate surface area is 157 Å². The Bertz CT molecular complexity index is 852. The average Bonchev–Trinajstić information content (AvgIpc) is 3.28. The first-order valence-corrected chi connectivity index (χ1v) is 9.51. The molecule has 1 saturated heterocycles. The molecule has 27 heavy (non-hydrogen) atoms. The maximum Gasteiger partial charge on any atom is 0.254 e. The number of amides is 2. The van der Waals surface area contributed by atoms with Gasteiger partial charge in [-0.2, -0.15) is 10.1 Å². The second-order valence-corrected chi connectivity index (χ2v) is 7.80. The fraction of sp³-hybridized carbons (Fsp3) is 0.476. The van der Waals surface area contributed by atoms with Crippen molar-refractivity contribution in [3.05, 3.63) is 35.9 Å². The molecule has 1 spiro atoms. The third kappa shape index (κ3) is 2.16. The highest BCUT2D eigenvalue weighted by molar-refractivity contribution is 6.07. The van der Waals surface area contributed by atoms with Gasteiger partial charge in [-0.25, -0.2) is 0 Å². The molecule has 0 aromatic heterocycles. The molecule has 0 radical (unpaired) electrons. The molecule has 140 valence electrons. The largest absolute Gasteiger partial charge is 0.493 e. The number of benzene rings is 1. The molecule has 3 fully saturated rings. The lowest BCUT2D eigenvalue weighted by Gasteiger charge is -2.18. The molecule has 3 aliphatic carbocycles. The minimum atomic E-state index is -0.220. The quantitative estimate of drug-likeness (QED) is 0.456. The summed E-state index contributed by atoms with van der Waals surface area (Å²) >= 11 is 0. The number of allylic oxidation sites excluding steroid dienone is 2. The molecule has 5 rings (SSSR count). The summed E-state index contributed by atoms with van der Waals surface area (Å²) in [7, 11) is 1.57.